The quantitative estimate of drug-likeness (QED) is 0.848. The van der Waals surface area contributed by atoms with Gasteiger partial charge in [-0.15, -0.1) is 0 Å². The smallest absolute Gasteiger partial charge is 0.151 e. The number of phenols is 1. The number of fused-ring (bicyclic) bond motifs is 1. The summed E-state index contributed by atoms with van der Waals surface area (Å²) in [5.74, 6) is 0.711. The number of hydrogen-bond acceptors (Lipinski definition) is 4. The molecule has 0 saturated heterocycles. The molecule has 1 unspecified atom stereocenters. The van der Waals surface area contributed by atoms with E-state index in [0.717, 1.165) is 24.0 Å². The molecular weight excluding hydrogens is 250 g/mol. The van der Waals surface area contributed by atoms with E-state index in [2.05, 4.69) is 5.32 Å². The molecule has 0 fully saturated rings. The largest absolute Gasteiger partial charge is 0.508 e. The lowest BCUT2D eigenvalue weighted by atomic mass is 10.1. The summed E-state index contributed by atoms with van der Waals surface area (Å²) in [6.07, 6.45) is 1.76. The van der Waals surface area contributed by atoms with Crippen molar-refractivity contribution < 1.29 is 13.5 Å². The highest BCUT2D eigenvalue weighted by Gasteiger charge is 2.24. The molecule has 1 aromatic carbocycles. The van der Waals surface area contributed by atoms with E-state index in [0.29, 0.717) is 12.3 Å². The molecule has 2 N–H and O–H groups in total. The van der Waals surface area contributed by atoms with Gasteiger partial charge in [0.2, 0.25) is 0 Å². The molecule has 0 aliphatic heterocycles. The topological polar surface area (TPSA) is 66.4 Å². The number of aromatic hydroxyl groups is 1. The molecule has 0 bridgehead atoms. The zero-order valence-corrected chi connectivity index (χ0v) is 11.3. The molecule has 0 saturated carbocycles. The lowest BCUT2D eigenvalue weighted by molar-refractivity contribution is 0.469. The third-order valence-corrected chi connectivity index (χ3v) is 5.20. The molecule has 2 rings (SSSR count). The SMILES string of the molecule is CCS(=O)(=O)CCNC1CCc2c(O)cccc21. The number of nitrogens with one attached hydrogen (secondary N) is 1. The van der Waals surface area contributed by atoms with Crippen LogP contribution in [0.25, 0.3) is 0 Å². The van der Waals surface area contributed by atoms with Crippen molar-refractivity contribution in [2.75, 3.05) is 18.1 Å². The number of phenolic OH excluding ortho intramolecular Hbond substituents is 1. The van der Waals surface area contributed by atoms with E-state index in [9.17, 15) is 13.5 Å². The van der Waals surface area contributed by atoms with Crippen LogP contribution in [0.3, 0.4) is 0 Å². The molecule has 1 atom stereocenters. The highest BCUT2D eigenvalue weighted by atomic mass is 32.2. The Labute approximate surface area is 108 Å². The molecule has 0 radical (unpaired) electrons. The molecule has 0 heterocycles. The molecule has 1 aliphatic carbocycles. The van der Waals surface area contributed by atoms with Gasteiger partial charge in [-0.2, -0.15) is 0 Å². The minimum Gasteiger partial charge on any atom is -0.508 e. The Bertz CT molecular complexity index is 525. The molecule has 0 aromatic heterocycles. The number of benzene rings is 1. The van der Waals surface area contributed by atoms with Gasteiger partial charge in [-0.3, -0.25) is 0 Å². The van der Waals surface area contributed by atoms with Crippen molar-refractivity contribution in [3.05, 3.63) is 29.3 Å². The van der Waals surface area contributed by atoms with E-state index < -0.39 is 9.84 Å². The zero-order chi connectivity index (χ0) is 13.2. The van der Waals surface area contributed by atoms with Crippen LogP contribution in [0.4, 0.5) is 0 Å². The lowest BCUT2D eigenvalue weighted by Gasteiger charge is -2.14. The Morgan fingerprint density at radius 2 is 2.22 bits per heavy atom. The highest BCUT2D eigenvalue weighted by Crippen LogP contribution is 2.35. The lowest BCUT2D eigenvalue weighted by Crippen LogP contribution is -2.26. The van der Waals surface area contributed by atoms with E-state index in [1.54, 1.807) is 13.0 Å². The van der Waals surface area contributed by atoms with Crippen molar-refractivity contribution in [3.63, 3.8) is 0 Å². The van der Waals surface area contributed by atoms with Crippen LogP contribution in [0.1, 0.15) is 30.5 Å². The molecule has 1 aromatic rings. The van der Waals surface area contributed by atoms with E-state index >= 15 is 0 Å². The maximum atomic E-state index is 11.4. The Hall–Kier alpha value is -1.07. The zero-order valence-electron chi connectivity index (χ0n) is 10.5. The third kappa shape index (κ3) is 2.84. The van der Waals surface area contributed by atoms with E-state index in [1.807, 2.05) is 12.1 Å². The van der Waals surface area contributed by atoms with Gasteiger partial charge in [0.1, 0.15) is 5.75 Å². The van der Waals surface area contributed by atoms with Crippen LogP contribution in [0, 0.1) is 0 Å². The predicted molar refractivity (Wildman–Crippen MR) is 71.5 cm³/mol. The van der Waals surface area contributed by atoms with Gasteiger partial charge in [-0.25, -0.2) is 8.42 Å². The highest BCUT2D eigenvalue weighted by molar-refractivity contribution is 7.91. The van der Waals surface area contributed by atoms with Gasteiger partial charge in [0.25, 0.3) is 0 Å². The van der Waals surface area contributed by atoms with Gasteiger partial charge in [-0.05, 0) is 30.0 Å². The van der Waals surface area contributed by atoms with Crippen molar-refractivity contribution in [2.24, 2.45) is 0 Å². The minimum absolute atomic E-state index is 0.166. The number of rotatable bonds is 5. The van der Waals surface area contributed by atoms with E-state index in [-0.39, 0.29) is 17.5 Å². The first kappa shape index (κ1) is 13.4. The summed E-state index contributed by atoms with van der Waals surface area (Å²) in [5.41, 5.74) is 2.09. The van der Waals surface area contributed by atoms with Gasteiger partial charge in [0.05, 0.1) is 5.75 Å². The van der Waals surface area contributed by atoms with Crippen LogP contribution in [0.15, 0.2) is 18.2 Å². The Balaban J connectivity index is 1.97. The number of hydrogen-bond donors (Lipinski definition) is 2. The monoisotopic (exact) mass is 269 g/mol. The second-order valence-electron chi connectivity index (χ2n) is 4.63. The molecule has 100 valence electrons. The maximum absolute atomic E-state index is 11.4. The Kier molecular flexibility index (Phi) is 3.92. The first-order chi connectivity index (χ1) is 8.53. The van der Waals surface area contributed by atoms with Gasteiger partial charge < -0.3 is 10.4 Å². The fraction of sp³-hybridized carbons (Fsp3) is 0.538. The minimum atomic E-state index is -2.91. The third-order valence-electron chi connectivity index (χ3n) is 3.49. The fourth-order valence-electron chi connectivity index (χ4n) is 2.38. The van der Waals surface area contributed by atoms with Crippen LogP contribution in [0.2, 0.25) is 0 Å². The van der Waals surface area contributed by atoms with Crippen LogP contribution in [-0.2, 0) is 16.3 Å². The standard InChI is InChI=1S/C13H19NO3S/c1-2-18(16,17)9-8-14-12-7-6-11-10(12)4-3-5-13(11)15/h3-5,12,14-15H,2,6-9H2,1H3. The Morgan fingerprint density at radius 1 is 1.44 bits per heavy atom. The predicted octanol–water partition coefficient (Wildman–Crippen LogP) is 1.40. The summed E-state index contributed by atoms with van der Waals surface area (Å²) >= 11 is 0. The molecular formula is C13H19NO3S. The second kappa shape index (κ2) is 5.28. The summed E-state index contributed by atoms with van der Waals surface area (Å²) in [5, 5.41) is 13.0. The van der Waals surface area contributed by atoms with Gasteiger partial charge >= 0.3 is 0 Å². The van der Waals surface area contributed by atoms with Crippen LogP contribution >= 0.6 is 0 Å². The second-order valence-corrected chi connectivity index (χ2v) is 7.10. The molecule has 18 heavy (non-hydrogen) atoms. The summed E-state index contributed by atoms with van der Waals surface area (Å²) in [4.78, 5) is 0. The molecule has 4 nitrogen and oxygen atoms in total. The fourth-order valence-corrected chi connectivity index (χ4v) is 3.10. The van der Waals surface area contributed by atoms with Gasteiger partial charge in [0, 0.05) is 18.3 Å². The van der Waals surface area contributed by atoms with Gasteiger partial charge in [-0.1, -0.05) is 19.1 Å². The van der Waals surface area contributed by atoms with Gasteiger partial charge in [0.15, 0.2) is 9.84 Å². The first-order valence-electron chi connectivity index (χ1n) is 6.28. The van der Waals surface area contributed by atoms with Crippen molar-refractivity contribution in [1.29, 1.82) is 0 Å². The van der Waals surface area contributed by atoms with E-state index in [4.69, 9.17) is 0 Å². The maximum Gasteiger partial charge on any atom is 0.151 e. The van der Waals surface area contributed by atoms with Crippen LogP contribution in [-0.4, -0.2) is 31.6 Å². The summed E-state index contributed by atoms with van der Waals surface area (Å²) < 4.78 is 22.8. The summed E-state index contributed by atoms with van der Waals surface area (Å²) in [7, 11) is -2.91. The molecule has 0 spiro atoms. The molecule has 0 amide bonds. The normalized spacial score (nSPS) is 18.8. The van der Waals surface area contributed by atoms with Crippen molar-refractivity contribution in [2.45, 2.75) is 25.8 Å². The molecule has 1 aliphatic rings. The van der Waals surface area contributed by atoms with Crippen molar-refractivity contribution >= 4 is 9.84 Å². The van der Waals surface area contributed by atoms with Crippen molar-refractivity contribution in [3.8, 4) is 5.75 Å². The first-order valence-corrected chi connectivity index (χ1v) is 8.10. The average molecular weight is 269 g/mol. The van der Waals surface area contributed by atoms with Crippen LogP contribution in [0.5, 0.6) is 5.75 Å². The summed E-state index contributed by atoms with van der Waals surface area (Å²) in [6.45, 7) is 2.13. The van der Waals surface area contributed by atoms with Crippen molar-refractivity contribution in [1.82, 2.24) is 5.32 Å². The summed E-state index contributed by atoms with van der Waals surface area (Å²) in [6, 6.07) is 5.69. The van der Waals surface area contributed by atoms with Crippen LogP contribution < -0.4 is 5.32 Å². The van der Waals surface area contributed by atoms with E-state index in [1.165, 1.54) is 0 Å². The molecule has 5 heteroatoms. The average Bonchev–Trinajstić information content (AvgIpc) is 2.74. The Morgan fingerprint density at radius 3 is 2.94 bits per heavy atom. The number of sulfone groups is 1.